The van der Waals surface area contributed by atoms with E-state index in [0.717, 1.165) is 29.0 Å². The van der Waals surface area contributed by atoms with E-state index in [-0.39, 0.29) is 5.91 Å². The summed E-state index contributed by atoms with van der Waals surface area (Å²) >= 11 is 0. The summed E-state index contributed by atoms with van der Waals surface area (Å²) in [6.45, 7) is 6.19. The number of aromatic nitrogens is 1. The van der Waals surface area contributed by atoms with Crippen LogP contribution in [0, 0.1) is 5.92 Å². The Labute approximate surface area is 137 Å². The van der Waals surface area contributed by atoms with E-state index in [4.69, 9.17) is 4.74 Å². The highest BCUT2D eigenvalue weighted by atomic mass is 16.5. The fourth-order valence-corrected chi connectivity index (χ4v) is 2.85. The molecule has 3 rings (SSSR count). The predicted molar refractivity (Wildman–Crippen MR) is 89.5 cm³/mol. The third kappa shape index (κ3) is 3.70. The molecule has 4 nitrogen and oxygen atoms in total. The van der Waals surface area contributed by atoms with Gasteiger partial charge in [0, 0.05) is 24.7 Å². The molecule has 0 saturated heterocycles. The van der Waals surface area contributed by atoms with Crippen molar-refractivity contribution >= 4 is 5.91 Å². The molecule has 0 N–H and O–H groups in total. The maximum absolute atomic E-state index is 12.9. The summed E-state index contributed by atoms with van der Waals surface area (Å²) in [6.07, 6.45) is 2.64. The van der Waals surface area contributed by atoms with Crippen molar-refractivity contribution in [3.05, 3.63) is 59.4 Å². The van der Waals surface area contributed by atoms with Gasteiger partial charge in [-0.3, -0.25) is 9.78 Å². The van der Waals surface area contributed by atoms with Crippen LogP contribution in [0.25, 0.3) is 0 Å². The standard InChI is InChI=1S/C19H22N2O2/c1-14(2)12-21(13-17-5-3-4-9-20-17)19(22)16-6-7-18-15(11-16)8-10-23-18/h3-7,9,11,14H,8,10,12-13H2,1-2H3. The van der Waals surface area contributed by atoms with Crippen molar-refractivity contribution in [2.75, 3.05) is 13.2 Å². The van der Waals surface area contributed by atoms with E-state index in [2.05, 4.69) is 18.8 Å². The Hall–Kier alpha value is -2.36. The predicted octanol–water partition coefficient (Wildman–Crippen LogP) is 3.31. The van der Waals surface area contributed by atoms with E-state index < -0.39 is 0 Å². The third-order valence-electron chi connectivity index (χ3n) is 3.89. The van der Waals surface area contributed by atoms with Gasteiger partial charge in [-0.05, 0) is 41.8 Å². The van der Waals surface area contributed by atoms with Crippen LogP contribution < -0.4 is 4.74 Å². The fraction of sp³-hybridized carbons (Fsp3) is 0.368. The fourth-order valence-electron chi connectivity index (χ4n) is 2.85. The molecule has 0 atom stereocenters. The molecule has 0 radical (unpaired) electrons. The minimum Gasteiger partial charge on any atom is -0.493 e. The van der Waals surface area contributed by atoms with E-state index in [1.807, 2.05) is 41.3 Å². The molecule has 120 valence electrons. The number of carbonyl (C=O) groups is 1. The molecule has 0 unspecified atom stereocenters. The summed E-state index contributed by atoms with van der Waals surface area (Å²) in [5, 5.41) is 0. The van der Waals surface area contributed by atoms with Gasteiger partial charge in [-0.1, -0.05) is 19.9 Å². The number of rotatable bonds is 5. The maximum Gasteiger partial charge on any atom is 0.254 e. The molecular weight excluding hydrogens is 288 g/mol. The van der Waals surface area contributed by atoms with Gasteiger partial charge in [-0.2, -0.15) is 0 Å². The lowest BCUT2D eigenvalue weighted by atomic mass is 10.1. The van der Waals surface area contributed by atoms with Crippen LogP contribution in [0.3, 0.4) is 0 Å². The topological polar surface area (TPSA) is 42.4 Å². The summed E-state index contributed by atoms with van der Waals surface area (Å²) in [7, 11) is 0. The Morgan fingerprint density at radius 3 is 2.91 bits per heavy atom. The zero-order valence-corrected chi connectivity index (χ0v) is 13.7. The van der Waals surface area contributed by atoms with Crippen LogP contribution in [0.2, 0.25) is 0 Å². The number of benzene rings is 1. The number of fused-ring (bicyclic) bond motifs is 1. The van der Waals surface area contributed by atoms with Crippen LogP contribution in [-0.4, -0.2) is 28.9 Å². The highest BCUT2D eigenvalue weighted by Crippen LogP contribution is 2.26. The van der Waals surface area contributed by atoms with Crippen LogP contribution >= 0.6 is 0 Å². The number of hydrogen-bond acceptors (Lipinski definition) is 3. The maximum atomic E-state index is 12.9. The average molecular weight is 310 g/mol. The number of hydrogen-bond donors (Lipinski definition) is 0. The van der Waals surface area contributed by atoms with E-state index in [1.54, 1.807) is 6.20 Å². The van der Waals surface area contributed by atoms with Crippen molar-refractivity contribution in [1.82, 2.24) is 9.88 Å². The molecule has 2 heterocycles. The molecular formula is C19H22N2O2. The van der Waals surface area contributed by atoms with Crippen molar-refractivity contribution in [2.45, 2.75) is 26.8 Å². The first-order valence-electron chi connectivity index (χ1n) is 8.08. The Balaban J connectivity index is 1.82. The molecule has 0 bridgehead atoms. The molecule has 0 aliphatic carbocycles. The van der Waals surface area contributed by atoms with Crippen LogP contribution in [0.1, 0.15) is 35.5 Å². The molecule has 23 heavy (non-hydrogen) atoms. The Morgan fingerprint density at radius 2 is 2.17 bits per heavy atom. The van der Waals surface area contributed by atoms with Gasteiger partial charge in [0.25, 0.3) is 5.91 Å². The van der Waals surface area contributed by atoms with Gasteiger partial charge in [0.1, 0.15) is 5.75 Å². The minimum absolute atomic E-state index is 0.0547. The SMILES string of the molecule is CC(C)CN(Cc1ccccn1)C(=O)c1ccc2c(c1)CCO2. The monoisotopic (exact) mass is 310 g/mol. The second-order valence-electron chi connectivity index (χ2n) is 6.32. The molecule has 4 heteroatoms. The molecule has 1 aliphatic rings. The first-order chi connectivity index (χ1) is 11.1. The summed E-state index contributed by atoms with van der Waals surface area (Å²) in [5.74, 6) is 1.36. The van der Waals surface area contributed by atoms with Crippen molar-refractivity contribution in [3.8, 4) is 5.75 Å². The molecule has 2 aromatic rings. The highest BCUT2D eigenvalue weighted by molar-refractivity contribution is 5.94. The van der Waals surface area contributed by atoms with Crippen LogP contribution in [0.15, 0.2) is 42.6 Å². The molecule has 0 fully saturated rings. The van der Waals surface area contributed by atoms with E-state index in [1.165, 1.54) is 0 Å². The molecule has 0 spiro atoms. The average Bonchev–Trinajstić information content (AvgIpc) is 3.01. The number of carbonyl (C=O) groups excluding carboxylic acids is 1. The van der Waals surface area contributed by atoms with Crippen LogP contribution in [0.4, 0.5) is 0 Å². The highest BCUT2D eigenvalue weighted by Gasteiger charge is 2.20. The molecule has 1 aromatic carbocycles. The van der Waals surface area contributed by atoms with Crippen LogP contribution in [0.5, 0.6) is 5.75 Å². The van der Waals surface area contributed by atoms with Gasteiger partial charge in [0.2, 0.25) is 0 Å². The molecule has 1 aliphatic heterocycles. The summed E-state index contributed by atoms with van der Waals surface area (Å²) in [5.41, 5.74) is 2.76. The van der Waals surface area contributed by atoms with Gasteiger partial charge in [0.15, 0.2) is 0 Å². The van der Waals surface area contributed by atoms with Crippen molar-refractivity contribution in [1.29, 1.82) is 0 Å². The van der Waals surface area contributed by atoms with Crippen molar-refractivity contribution in [2.24, 2.45) is 5.92 Å². The summed E-state index contributed by atoms with van der Waals surface area (Å²) < 4.78 is 5.52. The Bertz CT molecular complexity index is 683. The molecule has 1 aromatic heterocycles. The second-order valence-corrected chi connectivity index (χ2v) is 6.32. The van der Waals surface area contributed by atoms with Crippen molar-refractivity contribution < 1.29 is 9.53 Å². The first kappa shape index (κ1) is 15.5. The molecule has 1 amide bonds. The normalized spacial score (nSPS) is 12.8. The van der Waals surface area contributed by atoms with Gasteiger partial charge in [-0.25, -0.2) is 0 Å². The van der Waals surface area contributed by atoms with E-state index >= 15 is 0 Å². The summed E-state index contributed by atoms with van der Waals surface area (Å²) in [6, 6.07) is 11.5. The van der Waals surface area contributed by atoms with Gasteiger partial charge >= 0.3 is 0 Å². The minimum atomic E-state index is 0.0547. The lowest BCUT2D eigenvalue weighted by Gasteiger charge is -2.24. The van der Waals surface area contributed by atoms with E-state index in [9.17, 15) is 4.79 Å². The van der Waals surface area contributed by atoms with Gasteiger partial charge < -0.3 is 9.64 Å². The zero-order valence-electron chi connectivity index (χ0n) is 13.7. The lowest BCUT2D eigenvalue weighted by Crippen LogP contribution is -2.34. The molecule has 0 saturated carbocycles. The number of amides is 1. The Morgan fingerprint density at radius 1 is 1.30 bits per heavy atom. The summed E-state index contributed by atoms with van der Waals surface area (Å²) in [4.78, 5) is 19.2. The zero-order chi connectivity index (χ0) is 16.2. The lowest BCUT2D eigenvalue weighted by molar-refractivity contribution is 0.0720. The van der Waals surface area contributed by atoms with Crippen molar-refractivity contribution in [3.63, 3.8) is 0 Å². The number of ether oxygens (including phenoxy) is 1. The van der Waals surface area contributed by atoms with Gasteiger partial charge in [0.05, 0.1) is 18.8 Å². The second kappa shape index (κ2) is 6.82. The van der Waals surface area contributed by atoms with E-state index in [0.29, 0.717) is 25.6 Å². The Kier molecular flexibility index (Phi) is 4.60. The number of nitrogens with zero attached hydrogens (tertiary/aromatic N) is 2. The van der Waals surface area contributed by atoms with Gasteiger partial charge in [-0.15, -0.1) is 0 Å². The quantitative estimate of drug-likeness (QED) is 0.851. The smallest absolute Gasteiger partial charge is 0.254 e. The first-order valence-corrected chi connectivity index (χ1v) is 8.08. The third-order valence-corrected chi connectivity index (χ3v) is 3.89. The largest absolute Gasteiger partial charge is 0.493 e. The number of pyridine rings is 1. The van der Waals surface area contributed by atoms with Crippen LogP contribution in [-0.2, 0) is 13.0 Å².